The molecule has 1 heterocycles. The van der Waals surface area contributed by atoms with Crippen LogP contribution < -0.4 is 15.4 Å². The highest BCUT2D eigenvalue weighted by molar-refractivity contribution is 7.92. The fraction of sp³-hybridized carbons (Fsp3) is 0.444. The maximum atomic E-state index is 12.5. The molecule has 0 atom stereocenters. The molecule has 0 saturated heterocycles. The summed E-state index contributed by atoms with van der Waals surface area (Å²) >= 11 is 5.35. The summed E-state index contributed by atoms with van der Waals surface area (Å²) in [6.45, 7) is 3.50. The van der Waals surface area contributed by atoms with Crippen molar-refractivity contribution in [2.45, 2.75) is 56.9 Å². The molecule has 1 aromatic heterocycles. The van der Waals surface area contributed by atoms with E-state index in [9.17, 15) is 8.42 Å². The number of thiocarbonyl (C=S) groups is 1. The summed E-state index contributed by atoms with van der Waals surface area (Å²) in [5.41, 5.74) is 2.04. The standard InChI is InChI=1S/C18H24N4O3S2/c1-12-13(2)21-25-17(12)22-27(23,24)16-10-8-15(9-11-16)20-18(26)19-14-6-4-3-5-7-14/h8-11,14,22H,3-7H2,1-2H3,(H2,19,20,26). The van der Waals surface area contributed by atoms with Gasteiger partial charge in [-0.15, -0.1) is 0 Å². The fourth-order valence-electron chi connectivity index (χ4n) is 3.01. The molecule has 0 radical (unpaired) electrons. The third-order valence-corrected chi connectivity index (χ3v) is 6.31. The number of hydrogen-bond acceptors (Lipinski definition) is 5. The number of nitrogens with zero attached hydrogens (tertiary/aromatic N) is 1. The van der Waals surface area contributed by atoms with Crippen LogP contribution >= 0.6 is 12.2 Å². The van der Waals surface area contributed by atoms with Gasteiger partial charge in [0, 0.05) is 17.3 Å². The fourth-order valence-corrected chi connectivity index (χ4v) is 4.34. The minimum atomic E-state index is -3.75. The van der Waals surface area contributed by atoms with E-state index >= 15 is 0 Å². The first-order valence-electron chi connectivity index (χ1n) is 8.98. The maximum absolute atomic E-state index is 12.5. The molecule has 2 aromatic rings. The van der Waals surface area contributed by atoms with Crippen LogP contribution in [0.2, 0.25) is 0 Å². The van der Waals surface area contributed by atoms with Gasteiger partial charge in [-0.05, 0) is 63.2 Å². The van der Waals surface area contributed by atoms with Gasteiger partial charge in [-0.3, -0.25) is 0 Å². The highest BCUT2D eigenvalue weighted by Crippen LogP contribution is 2.23. The van der Waals surface area contributed by atoms with Crippen LogP contribution in [0.3, 0.4) is 0 Å². The molecule has 146 valence electrons. The Labute approximate surface area is 165 Å². The second kappa shape index (κ2) is 8.26. The lowest BCUT2D eigenvalue weighted by molar-refractivity contribution is 0.415. The Morgan fingerprint density at radius 1 is 1.15 bits per heavy atom. The first-order chi connectivity index (χ1) is 12.8. The number of nitrogens with one attached hydrogen (secondary N) is 3. The monoisotopic (exact) mass is 408 g/mol. The van der Waals surface area contributed by atoms with Gasteiger partial charge in [0.05, 0.1) is 10.6 Å². The van der Waals surface area contributed by atoms with E-state index < -0.39 is 10.0 Å². The van der Waals surface area contributed by atoms with E-state index in [1.165, 1.54) is 31.4 Å². The molecule has 0 unspecified atom stereocenters. The van der Waals surface area contributed by atoms with Crippen LogP contribution in [-0.2, 0) is 10.0 Å². The molecule has 1 aliphatic carbocycles. The molecule has 0 amide bonds. The van der Waals surface area contributed by atoms with Crippen LogP contribution in [0.5, 0.6) is 0 Å². The molecule has 27 heavy (non-hydrogen) atoms. The molecule has 0 aliphatic heterocycles. The van der Waals surface area contributed by atoms with Gasteiger partial charge in [0.15, 0.2) is 5.11 Å². The van der Waals surface area contributed by atoms with Crippen LogP contribution in [0.25, 0.3) is 0 Å². The average Bonchev–Trinajstić information content (AvgIpc) is 2.94. The third-order valence-electron chi connectivity index (χ3n) is 4.75. The number of hydrogen-bond donors (Lipinski definition) is 3. The predicted molar refractivity (Wildman–Crippen MR) is 109 cm³/mol. The molecule has 1 aliphatic rings. The number of rotatable bonds is 5. The van der Waals surface area contributed by atoms with E-state index in [-0.39, 0.29) is 10.8 Å². The summed E-state index contributed by atoms with van der Waals surface area (Å²) in [7, 11) is -3.75. The van der Waals surface area contributed by atoms with E-state index in [0.29, 0.717) is 22.4 Å². The van der Waals surface area contributed by atoms with Crippen LogP contribution in [0.4, 0.5) is 11.6 Å². The van der Waals surface area contributed by atoms with Crippen molar-refractivity contribution in [1.29, 1.82) is 0 Å². The SMILES string of the molecule is Cc1noc(NS(=O)(=O)c2ccc(NC(=S)NC3CCCCC3)cc2)c1C. The van der Waals surface area contributed by atoms with Crippen LogP contribution in [0.15, 0.2) is 33.7 Å². The molecule has 0 bridgehead atoms. The van der Waals surface area contributed by atoms with Crippen molar-refractivity contribution in [2.24, 2.45) is 0 Å². The third kappa shape index (κ3) is 4.98. The van der Waals surface area contributed by atoms with E-state index in [1.54, 1.807) is 26.0 Å². The minimum absolute atomic E-state index is 0.132. The molecule has 3 N–H and O–H groups in total. The van der Waals surface area contributed by atoms with Gasteiger partial charge in [0.2, 0.25) is 5.88 Å². The highest BCUT2D eigenvalue weighted by atomic mass is 32.2. The number of sulfonamides is 1. The van der Waals surface area contributed by atoms with Crippen molar-refractivity contribution in [1.82, 2.24) is 10.5 Å². The van der Waals surface area contributed by atoms with Crippen molar-refractivity contribution >= 4 is 38.9 Å². The van der Waals surface area contributed by atoms with Crippen molar-refractivity contribution < 1.29 is 12.9 Å². The molecule has 1 fully saturated rings. The lowest BCUT2D eigenvalue weighted by Gasteiger charge is -2.24. The quantitative estimate of drug-likeness (QED) is 0.649. The molecular formula is C18H24N4O3S2. The van der Waals surface area contributed by atoms with Crippen molar-refractivity contribution in [3.8, 4) is 0 Å². The second-order valence-electron chi connectivity index (χ2n) is 6.79. The summed E-state index contributed by atoms with van der Waals surface area (Å²) in [6.07, 6.45) is 6.00. The molecule has 1 saturated carbocycles. The van der Waals surface area contributed by atoms with Crippen LogP contribution in [0.1, 0.15) is 43.4 Å². The zero-order valence-electron chi connectivity index (χ0n) is 15.4. The number of aromatic nitrogens is 1. The minimum Gasteiger partial charge on any atom is -0.360 e. The first-order valence-corrected chi connectivity index (χ1v) is 10.9. The normalized spacial score (nSPS) is 15.3. The predicted octanol–water partition coefficient (Wildman–Crippen LogP) is 3.71. The zero-order valence-corrected chi connectivity index (χ0v) is 17.0. The Morgan fingerprint density at radius 3 is 2.41 bits per heavy atom. The Bertz CT molecular complexity index is 901. The summed E-state index contributed by atoms with van der Waals surface area (Å²) in [5.74, 6) is 0.132. The van der Waals surface area contributed by atoms with Crippen molar-refractivity contribution in [3.05, 3.63) is 35.5 Å². The van der Waals surface area contributed by atoms with E-state index in [2.05, 4.69) is 20.5 Å². The Hall–Kier alpha value is -2.13. The lowest BCUT2D eigenvalue weighted by Crippen LogP contribution is -2.38. The molecule has 0 spiro atoms. The zero-order chi connectivity index (χ0) is 19.4. The smallest absolute Gasteiger partial charge is 0.264 e. The summed E-state index contributed by atoms with van der Waals surface area (Å²) in [5, 5.41) is 10.7. The molecular weight excluding hydrogens is 384 g/mol. The number of aryl methyl sites for hydroxylation is 1. The average molecular weight is 409 g/mol. The topological polar surface area (TPSA) is 96.3 Å². The van der Waals surface area contributed by atoms with Gasteiger partial charge in [-0.25, -0.2) is 13.1 Å². The van der Waals surface area contributed by atoms with Gasteiger partial charge >= 0.3 is 0 Å². The lowest BCUT2D eigenvalue weighted by atomic mass is 9.96. The Morgan fingerprint density at radius 2 is 1.81 bits per heavy atom. The van der Waals surface area contributed by atoms with Gasteiger partial charge < -0.3 is 15.2 Å². The Kier molecular flexibility index (Phi) is 6.01. The summed E-state index contributed by atoms with van der Waals surface area (Å²) in [6, 6.07) is 6.82. The summed E-state index contributed by atoms with van der Waals surface area (Å²) in [4.78, 5) is 0.132. The van der Waals surface area contributed by atoms with Crippen LogP contribution in [-0.4, -0.2) is 24.7 Å². The van der Waals surface area contributed by atoms with E-state index in [0.717, 1.165) is 18.5 Å². The van der Waals surface area contributed by atoms with Crippen LogP contribution in [0, 0.1) is 13.8 Å². The van der Waals surface area contributed by atoms with Crippen molar-refractivity contribution in [3.63, 3.8) is 0 Å². The van der Waals surface area contributed by atoms with Gasteiger partial charge in [0.25, 0.3) is 10.0 Å². The van der Waals surface area contributed by atoms with E-state index in [1.807, 2.05) is 0 Å². The van der Waals surface area contributed by atoms with Crippen molar-refractivity contribution in [2.75, 3.05) is 10.0 Å². The van der Waals surface area contributed by atoms with E-state index in [4.69, 9.17) is 16.7 Å². The largest absolute Gasteiger partial charge is 0.360 e. The molecule has 7 nitrogen and oxygen atoms in total. The molecule has 9 heteroatoms. The van der Waals surface area contributed by atoms with Gasteiger partial charge in [-0.1, -0.05) is 24.4 Å². The Balaban J connectivity index is 1.62. The molecule has 1 aromatic carbocycles. The second-order valence-corrected chi connectivity index (χ2v) is 8.88. The summed E-state index contributed by atoms with van der Waals surface area (Å²) < 4.78 is 32.4. The molecule has 3 rings (SSSR count). The maximum Gasteiger partial charge on any atom is 0.264 e. The van der Waals surface area contributed by atoms with Gasteiger partial charge in [-0.2, -0.15) is 0 Å². The van der Waals surface area contributed by atoms with Gasteiger partial charge in [0.1, 0.15) is 0 Å². The highest BCUT2D eigenvalue weighted by Gasteiger charge is 2.19. The number of benzene rings is 1. The first kappa shape index (κ1) is 19.6. The number of anilines is 2.